The predicted octanol–water partition coefficient (Wildman–Crippen LogP) is 2.73. The molecule has 0 amide bonds. The number of carbonyl (C=O) groups excluding carboxylic acids is 1. The molecule has 16 heavy (non-hydrogen) atoms. The second kappa shape index (κ2) is 6.92. The Labute approximate surface area is 101 Å². The molecule has 2 nitrogen and oxygen atoms in total. The fourth-order valence-electron chi connectivity index (χ4n) is 1.11. The van der Waals surface area contributed by atoms with Crippen LogP contribution in [0.25, 0.3) is 0 Å². The second-order valence-electron chi connectivity index (χ2n) is 3.11. The number of alkyl halides is 1. The van der Waals surface area contributed by atoms with Crippen molar-refractivity contribution in [1.82, 2.24) is 0 Å². The number of ether oxygens (including phenoxy) is 1. The SMILES string of the molecule is CCOC(=O)CC#Cc1ccc(CCl)cc1. The zero-order chi connectivity index (χ0) is 11.8. The van der Waals surface area contributed by atoms with Crippen molar-refractivity contribution in [2.75, 3.05) is 6.61 Å². The van der Waals surface area contributed by atoms with Gasteiger partial charge >= 0.3 is 5.97 Å². The van der Waals surface area contributed by atoms with Crippen molar-refractivity contribution >= 4 is 17.6 Å². The Morgan fingerprint density at radius 2 is 2.06 bits per heavy atom. The van der Waals surface area contributed by atoms with Crippen LogP contribution < -0.4 is 0 Å². The quantitative estimate of drug-likeness (QED) is 0.458. The van der Waals surface area contributed by atoms with Gasteiger partial charge in [-0.15, -0.1) is 11.6 Å². The minimum Gasteiger partial charge on any atom is -0.465 e. The van der Waals surface area contributed by atoms with Crippen LogP contribution in [0, 0.1) is 11.8 Å². The maximum atomic E-state index is 11.0. The molecule has 0 heterocycles. The first-order chi connectivity index (χ1) is 7.76. The van der Waals surface area contributed by atoms with E-state index in [9.17, 15) is 4.79 Å². The number of hydrogen-bond donors (Lipinski definition) is 0. The van der Waals surface area contributed by atoms with Gasteiger partial charge in [0, 0.05) is 11.4 Å². The highest BCUT2D eigenvalue weighted by Gasteiger charge is 1.96. The Bertz CT molecular complexity index is 398. The van der Waals surface area contributed by atoms with E-state index in [1.807, 2.05) is 24.3 Å². The highest BCUT2D eigenvalue weighted by atomic mass is 35.5. The summed E-state index contributed by atoms with van der Waals surface area (Å²) in [5.41, 5.74) is 1.93. The molecule has 0 radical (unpaired) electrons. The van der Waals surface area contributed by atoms with E-state index >= 15 is 0 Å². The smallest absolute Gasteiger partial charge is 0.317 e. The van der Waals surface area contributed by atoms with Crippen LogP contribution in [0.4, 0.5) is 0 Å². The topological polar surface area (TPSA) is 26.3 Å². The third kappa shape index (κ3) is 4.37. The minimum atomic E-state index is -0.285. The first-order valence-electron chi connectivity index (χ1n) is 5.05. The van der Waals surface area contributed by atoms with Gasteiger partial charge in [-0.05, 0) is 24.6 Å². The van der Waals surface area contributed by atoms with Crippen LogP contribution in [-0.4, -0.2) is 12.6 Å². The Morgan fingerprint density at radius 1 is 1.38 bits per heavy atom. The maximum absolute atomic E-state index is 11.0. The molecule has 0 saturated carbocycles. The molecule has 0 aromatic heterocycles. The van der Waals surface area contributed by atoms with Crippen molar-refractivity contribution in [3.05, 3.63) is 35.4 Å². The summed E-state index contributed by atoms with van der Waals surface area (Å²) >= 11 is 5.66. The Balaban J connectivity index is 2.53. The van der Waals surface area contributed by atoms with Gasteiger partial charge in [-0.25, -0.2) is 0 Å². The molecule has 0 bridgehead atoms. The summed E-state index contributed by atoms with van der Waals surface area (Å²) in [6.45, 7) is 2.17. The maximum Gasteiger partial charge on any atom is 0.317 e. The summed E-state index contributed by atoms with van der Waals surface area (Å²) in [6, 6.07) is 7.61. The van der Waals surface area contributed by atoms with E-state index in [0.717, 1.165) is 11.1 Å². The lowest BCUT2D eigenvalue weighted by atomic mass is 10.1. The molecule has 0 fully saturated rings. The summed E-state index contributed by atoms with van der Waals surface area (Å²) in [7, 11) is 0. The lowest BCUT2D eigenvalue weighted by molar-refractivity contribution is -0.141. The van der Waals surface area contributed by atoms with Crippen LogP contribution in [0.2, 0.25) is 0 Å². The third-order valence-electron chi connectivity index (χ3n) is 1.88. The molecule has 1 rings (SSSR count). The summed E-state index contributed by atoms with van der Waals surface area (Å²) in [6.07, 6.45) is 0.130. The molecule has 0 aliphatic heterocycles. The summed E-state index contributed by atoms with van der Waals surface area (Å²) in [5, 5.41) is 0. The van der Waals surface area contributed by atoms with E-state index in [-0.39, 0.29) is 12.4 Å². The van der Waals surface area contributed by atoms with Gasteiger partial charge in [-0.1, -0.05) is 24.0 Å². The van der Waals surface area contributed by atoms with Gasteiger partial charge in [0.25, 0.3) is 0 Å². The van der Waals surface area contributed by atoms with Crippen molar-refractivity contribution in [2.24, 2.45) is 0 Å². The van der Waals surface area contributed by atoms with Gasteiger partial charge in [0.15, 0.2) is 0 Å². The normalized spacial score (nSPS) is 9.12. The lowest BCUT2D eigenvalue weighted by Gasteiger charge is -1.95. The number of carbonyl (C=O) groups is 1. The Hall–Kier alpha value is -1.46. The fraction of sp³-hybridized carbons (Fsp3) is 0.308. The molecule has 3 heteroatoms. The van der Waals surface area contributed by atoms with Crippen molar-refractivity contribution in [1.29, 1.82) is 0 Å². The third-order valence-corrected chi connectivity index (χ3v) is 2.19. The number of halogens is 1. The average molecular weight is 237 g/mol. The van der Waals surface area contributed by atoms with Gasteiger partial charge in [-0.2, -0.15) is 0 Å². The standard InChI is InChI=1S/C13H13ClO2/c1-2-16-13(15)5-3-4-11-6-8-12(10-14)9-7-11/h6-9H,2,5,10H2,1H3. The number of esters is 1. The summed E-state index contributed by atoms with van der Waals surface area (Å²) in [4.78, 5) is 11.0. The van der Waals surface area contributed by atoms with Crippen LogP contribution in [0.15, 0.2) is 24.3 Å². The number of benzene rings is 1. The Morgan fingerprint density at radius 3 is 2.62 bits per heavy atom. The zero-order valence-corrected chi connectivity index (χ0v) is 9.88. The molecular formula is C13H13ClO2. The first kappa shape index (κ1) is 12.6. The monoisotopic (exact) mass is 236 g/mol. The molecule has 0 spiro atoms. The van der Waals surface area contributed by atoms with E-state index in [0.29, 0.717) is 12.5 Å². The van der Waals surface area contributed by atoms with Gasteiger partial charge in [0.1, 0.15) is 6.42 Å². The van der Waals surface area contributed by atoms with Crippen LogP contribution in [0.3, 0.4) is 0 Å². The van der Waals surface area contributed by atoms with E-state index in [4.69, 9.17) is 16.3 Å². The van der Waals surface area contributed by atoms with Crippen LogP contribution in [0.1, 0.15) is 24.5 Å². The van der Waals surface area contributed by atoms with E-state index in [1.54, 1.807) is 6.92 Å². The van der Waals surface area contributed by atoms with Crippen molar-refractivity contribution in [2.45, 2.75) is 19.2 Å². The first-order valence-corrected chi connectivity index (χ1v) is 5.59. The van der Waals surface area contributed by atoms with Gasteiger partial charge in [0.2, 0.25) is 0 Å². The van der Waals surface area contributed by atoms with Gasteiger partial charge < -0.3 is 4.74 Å². The Kier molecular flexibility index (Phi) is 5.45. The van der Waals surface area contributed by atoms with Crippen LogP contribution in [-0.2, 0) is 15.4 Å². The van der Waals surface area contributed by atoms with Crippen molar-refractivity contribution in [3.8, 4) is 11.8 Å². The van der Waals surface area contributed by atoms with Crippen LogP contribution >= 0.6 is 11.6 Å². The minimum absolute atomic E-state index is 0.130. The molecule has 0 unspecified atom stereocenters. The van der Waals surface area contributed by atoms with Crippen LogP contribution in [0.5, 0.6) is 0 Å². The van der Waals surface area contributed by atoms with Crippen molar-refractivity contribution < 1.29 is 9.53 Å². The predicted molar refractivity (Wildman–Crippen MR) is 64.1 cm³/mol. The molecule has 0 aliphatic carbocycles. The molecule has 0 N–H and O–H groups in total. The van der Waals surface area contributed by atoms with Crippen molar-refractivity contribution in [3.63, 3.8) is 0 Å². The summed E-state index contributed by atoms with van der Waals surface area (Å²) < 4.78 is 4.76. The molecule has 0 saturated heterocycles. The molecular weight excluding hydrogens is 224 g/mol. The molecule has 1 aromatic rings. The molecule has 84 valence electrons. The number of rotatable bonds is 3. The highest BCUT2D eigenvalue weighted by Crippen LogP contribution is 2.05. The van der Waals surface area contributed by atoms with Gasteiger partial charge in [0.05, 0.1) is 6.61 Å². The molecule has 0 atom stereocenters. The van der Waals surface area contributed by atoms with E-state index < -0.39 is 0 Å². The van der Waals surface area contributed by atoms with Gasteiger partial charge in [-0.3, -0.25) is 4.79 Å². The lowest BCUT2D eigenvalue weighted by Crippen LogP contribution is -2.01. The zero-order valence-electron chi connectivity index (χ0n) is 9.13. The molecule has 1 aromatic carbocycles. The largest absolute Gasteiger partial charge is 0.465 e. The average Bonchev–Trinajstić information content (AvgIpc) is 2.30. The summed E-state index contributed by atoms with van der Waals surface area (Å²) in [5.74, 6) is 5.87. The van der Waals surface area contributed by atoms with E-state index in [2.05, 4.69) is 11.8 Å². The highest BCUT2D eigenvalue weighted by molar-refractivity contribution is 6.17. The fourth-order valence-corrected chi connectivity index (χ4v) is 1.29. The number of hydrogen-bond acceptors (Lipinski definition) is 2. The molecule has 0 aliphatic rings. The van der Waals surface area contributed by atoms with E-state index in [1.165, 1.54) is 0 Å². The second-order valence-corrected chi connectivity index (χ2v) is 3.38.